The average Bonchev–Trinajstić information content (AvgIpc) is 3.66. The predicted molar refractivity (Wildman–Crippen MR) is 150 cm³/mol. The van der Waals surface area contributed by atoms with E-state index >= 15 is 0 Å². The summed E-state index contributed by atoms with van der Waals surface area (Å²) in [5, 5.41) is 12.8. The zero-order valence-electron chi connectivity index (χ0n) is 22.6. The van der Waals surface area contributed by atoms with Crippen LogP contribution in [-0.4, -0.2) is 55.0 Å². The molecule has 1 fully saturated rings. The number of hydrogen-bond acceptors (Lipinski definition) is 7. The maximum atomic E-state index is 13.4. The van der Waals surface area contributed by atoms with Crippen LogP contribution in [0.2, 0.25) is 0 Å². The van der Waals surface area contributed by atoms with Crippen molar-refractivity contribution in [2.24, 2.45) is 5.92 Å². The molecule has 2 aromatic carbocycles. The lowest BCUT2D eigenvalue weighted by Crippen LogP contribution is -2.28. The summed E-state index contributed by atoms with van der Waals surface area (Å²) >= 11 is 0. The van der Waals surface area contributed by atoms with Crippen molar-refractivity contribution in [3.8, 4) is 17.3 Å². The first-order valence-electron chi connectivity index (χ1n) is 12.9. The molecular formula is C29H28N8O3. The smallest absolute Gasteiger partial charge is 0.230 e. The van der Waals surface area contributed by atoms with Crippen molar-refractivity contribution in [1.29, 1.82) is 0 Å². The minimum absolute atomic E-state index is 0.108. The number of nitrogens with one attached hydrogen (secondary N) is 1. The quantitative estimate of drug-likeness (QED) is 0.349. The third kappa shape index (κ3) is 4.45. The number of fused-ring (bicyclic) bond motifs is 1. The highest BCUT2D eigenvalue weighted by atomic mass is 16.5. The van der Waals surface area contributed by atoms with E-state index in [1.54, 1.807) is 39.7 Å². The van der Waals surface area contributed by atoms with Gasteiger partial charge in [0.25, 0.3) is 0 Å². The first-order chi connectivity index (χ1) is 19.3. The van der Waals surface area contributed by atoms with E-state index in [1.807, 2.05) is 37.3 Å². The number of amides is 2. The Hall–Kier alpha value is -5.06. The predicted octanol–water partition coefficient (Wildman–Crippen LogP) is 3.93. The number of carbonyl (C=O) groups is 2. The van der Waals surface area contributed by atoms with Crippen molar-refractivity contribution in [3.05, 3.63) is 77.9 Å². The van der Waals surface area contributed by atoms with Gasteiger partial charge in [-0.1, -0.05) is 12.1 Å². The SMILES string of the molecule is COc1cccc(N2CC(C(=O)Nc3cc(C)nn3-c3ncnc4c3cnn4-c3ccc(C)c(C)c3)CC2=O)c1. The fraction of sp³-hybridized carbons (Fsp3) is 0.241. The fourth-order valence-electron chi connectivity index (χ4n) is 4.94. The number of benzene rings is 2. The molecule has 11 nitrogen and oxygen atoms in total. The highest BCUT2D eigenvalue weighted by Crippen LogP contribution is 2.30. The van der Waals surface area contributed by atoms with Crippen LogP contribution in [-0.2, 0) is 9.59 Å². The van der Waals surface area contributed by atoms with Crippen LogP contribution in [0.25, 0.3) is 22.5 Å². The number of carbonyl (C=O) groups excluding carboxylic acids is 2. The molecule has 1 aliphatic heterocycles. The number of rotatable bonds is 6. The van der Waals surface area contributed by atoms with Gasteiger partial charge < -0.3 is 15.0 Å². The molecule has 11 heteroatoms. The Kier molecular flexibility index (Phi) is 6.25. The van der Waals surface area contributed by atoms with Crippen molar-refractivity contribution in [1.82, 2.24) is 29.5 Å². The van der Waals surface area contributed by atoms with Crippen LogP contribution >= 0.6 is 0 Å². The summed E-state index contributed by atoms with van der Waals surface area (Å²) in [5.41, 5.74) is 5.25. The highest BCUT2D eigenvalue weighted by Gasteiger charge is 2.36. The molecule has 202 valence electrons. The van der Waals surface area contributed by atoms with E-state index in [-0.39, 0.29) is 24.8 Å². The van der Waals surface area contributed by atoms with E-state index in [1.165, 1.54) is 11.9 Å². The van der Waals surface area contributed by atoms with Crippen molar-refractivity contribution < 1.29 is 14.3 Å². The topological polar surface area (TPSA) is 120 Å². The van der Waals surface area contributed by atoms with Crippen molar-refractivity contribution in [3.63, 3.8) is 0 Å². The lowest BCUT2D eigenvalue weighted by molar-refractivity contribution is -0.122. The number of ether oxygens (including phenoxy) is 1. The van der Waals surface area contributed by atoms with Crippen LogP contribution in [0.15, 0.2) is 61.1 Å². The lowest BCUT2D eigenvalue weighted by Gasteiger charge is -2.17. The lowest BCUT2D eigenvalue weighted by atomic mass is 10.1. The van der Waals surface area contributed by atoms with Crippen LogP contribution in [0.3, 0.4) is 0 Å². The van der Waals surface area contributed by atoms with Crippen LogP contribution < -0.4 is 15.0 Å². The molecule has 1 atom stereocenters. The summed E-state index contributed by atoms with van der Waals surface area (Å²) in [4.78, 5) is 36.7. The Labute approximate surface area is 230 Å². The Morgan fingerprint density at radius 3 is 2.65 bits per heavy atom. The van der Waals surface area contributed by atoms with Crippen molar-refractivity contribution in [2.75, 3.05) is 23.9 Å². The van der Waals surface area contributed by atoms with Gasteiger partial charge in [-0.05, 0) is 56.2 Å². The van der Waals surface area contributed by atoms with Gasteiger partial charge in [-0.25, -0.2) is 14.6 Å². The first-order valence-corrected chi connectivity index (χ1v) is 12.9. The Bertz CT molecular complexity index is 1770. The van der Waals surface area contributed by atoms with E-state index in [4.69, 9.17) is 4.74 Å². The van der Waals surface area contributed by atoms with Gasteiger partial charge in [0, 0.05) is 30.8 Å². The molecule has 0 aliphatic carbocycles. The second kappa shape index (κ2) is 9.92. The Balaban J connectivity index is 1.28. The third-order valence-electron chi connectivity index (χ3n) is 7.22. The molecule has 4 heterocycles. The van der Waals surface area contributed by atoms with Crippen molar-refractivity contribution in [2.45, 2.75) is 27.2 Å². The molecule has 0 saturated carbocycles. The molecule has 0 spiro atoms. The van der Waals surface area contributed by atoms with Gasteiger partial charge in [0.1, 0.15) is 17.9 Å². The number of aromatic nitrogens is 6. The summed E-state index contributed by atoms with van der Waals surface area (Å²) in [7, 11) is 1.58. The summed E-state index contributed by atoms with van der Waals surface area (Å²) in [6.07, 6.45) is 3.27. The van der Waals surface area contributed by atoms with E-state index in [0.29, 0.717) is 39.8 Å². The average molecular weight is 537 g/mol. The normalized spacial score (nSPS) is 15.2. The van der Waals surface area contributed by atoms with Gasteiger partial charge >= 0.3 is 0 Å². The first kappa shape index (κ1) is 25.2. The number of aryl methyl sites for hydroxylation is 3. The van der Waals surface area contributed by atoms with E-state index in [9.17, 15) is 9.59 Å². The van der Waals surface area contributed by atoms with E-state index in [0.717, 1.165) is 11.3 Å². The number of nitrogens with zero attached hydrogens (tertiary/aromatic N) is 7. The molecule has 0 radical (unpaired) electrons. The molecule has 1 saturated heterocycles. The highest BCUT2D eigenvalue weighted by molar-refractivity contribution is 6.03. The standard InChI is InChI=1S/C29H28N8O3/c1-17-8-9-22(10-18(17)2)36-27-24(14-32-36)28(31-16-30-27)37-25(11-19(3)34-37)33-29(39)20-12-26(38)35(15-20)21-6-5-7-23(13-21)40-4/h5-11,13-14,16,20H,12,15H2,1-4H3,(H,33,39). The molecule has 40 heavy (non-hydrogen) atoms. The Morgan fingerprint density at radius 2 is 1.85 bits per heavy atom. The number of methoxy groups -OCH3 is 1. The molecule has 1 unspecified atom stereocenters. The van der Waals surface area contributed by atoms with Crippen LogP contribution in [0.5, 0.6) is 5.75 Å². The summed E-state index contributed by atoms with van der Waals surface area (Å²) in [6.45, 7) is 6.23. The third-order valence-corrected chi connectivity index (χ3v) is 7.22. The minimum Gasteiger partial charge on any atom is -0.497 e. The van der Waals surface area contributed by atoms with Gasteiger partial charge in [0.2, 0.25) is 11.8 Å². The van der Waals surface area contributed by atoms with Crippen molar-refractivity contribution >= 4 is 34.4 Å². The maximum absolute atomic E-state index is 13.4. The number of hydrogen-bond donors (Lipinski definition) is 1. The second-order valence-electron chi connectivity index (χ2n) is 9.94. The molecule has 6 rings (SSSR count). The maximum Gasteiger partial charge on any atom is 0.230 e. The minimum atomic E-state index is -0.527. The van der Waals surface area contributed by atoms with Crippen LogP contribution in [0.1, 0.15) is 23.2 Å². The van der Waals surface area contributed by atoms with Gasteiger partial charge in [-0.3, -0.25) is 9.59 Å². The Morgan fingerprint density at radius 1 is 1.00 bits per heavy atom. The molecule has 5 aromatic rings. The summed E-state index contributed by atoms with van der Waals surface area (Å²) in [5.74, 6) is 0.679. The van der Waals surface area contributed by atoms with Crippen LogP contribution in [0.4, 0.5) is 11.5 Å². The zero-order chi connectivity index (χ0) is 28.0. The molecule has 1 N–H and O–H groups in total. The van der Waals surface area contributed by atoms with Gasteiger partial charge in [0.05, 0.1) is 36.0 Å². The van der Waals surface area contributed by atoms with E-state index < -0.39 is 5.92 Å². The molecule has 2 amide bonds. The monoisotopic (exact) mass is 536 g/mol. The second-order valence-corrected chi connectivity index (χ2v) is 9.94. The fourth-order valence-corrected chi connectivity index (χ4v) is 4.94. The van der Waals surface area contributed by atoms with Gasteiger partial charge in [-0.15, -0.1) is 0 Å². The van der Waals surface area contributed by atoms with Gasteiger partial charge in [0.15, 0.2) is 11.5 Å². The number of anilines is 2. The largest absolute Gasteiger partial charge is 0.497 e. The zero-order valence-corrected chi connectivity index (χ0v) is 22.6. The molecule has 3 aromatic heterocycles. The molecule has 1 aliphatic rings. The van der Waals surface area contributed by atoms with Gasteiger partial charge in [-0.2, -0.15) is 14.9 Å². The summed E-state index contributed by atoms with van der Waals surface area (Å²) < 4.78 is 8.63. The molecular weight excluding hydrogens is 508 g/mol. The summed E-state index contributed by atoms with van der Waals surface area (Å²) in [6, 6.07) is 15.1. The molecule has 0 bridgehead atoms. The van der Waals surface area contributed by atoms with E-state index in [2.05, 4.69) is 45.4 Å². The van der Waals surface area contributed by atoms with Crippen LogP contribution in [0, 0.1) is 26.7 Å².